The van der Waals surface area contributed by atoms with E-state index in [1.165, 1.54) is 12.0 Å². The van der Waals surface area contributed by atoms with E-state index in [0.29, 0.717) is 11.7 Å². The van der Waals surface area contributed by atoms with E-state index in [2.05, 4.69) is 45.7 Å². The zero-order chi connectivity index (χ0) is 12.9. The Morgan fingerprint density at radius 1 is 1.12 bits per heavy atom. The number of hydrogen-bond donors (Lipinski definition) is 1. The highest BCUT2D eigenvalue weighted by molar-refractivity contribution is 9.09. The molecule has 0 unspecified atom stereocenters. The van der Waals surface area contributed by atoms with Gasteiger partial charge in [0.25, 0.3) is 0 Å². The summed E-state index contributed by atoms with van der Waals surface area (Å²) in [5.41, 5.74) is 1.54. The fourth-order valence-electron chi connectivity index (χ4n) is 2.22. The van der Waals surface area contributed by atoms with Crippen LogP contribution in [-0.4, -0.2) is 15.8 Å². The lowest BCUT2D eigenvalue weighted by Gasteiger charge is -2.32. The number of rotatable bonds is 6. The van der Waals surface area contributed by atoms with Gasteiger partial charge in [0, 0.05) is 10.7 Å². The summed E-state index contributed by atoms with van der Waals surface area (Å²) >= 11 is 7.31. The third kappa shape index (κ3) is 4.63. The molecule has 0 saturated heterocycles. The van der Waals surface area contributed by atoms with Crippen molar-refractivity contribution in [1.29, 1.82) is 0 Å². The van der Waals surface area contributed by atoms with Gasteiger partial charge in [-0.05, 0) is 41.9 Å². The van der Waals surface area contributed by atoms with Crippen LogP contribution in [0.5, 0.6) is 5.75 Å². The average Bonchev–Trinajstić information content (AvgIpc) is 2.30. The monoisotopic (exact) mass is 362 g/mol. The number of benzene rings is 1. The van der Waals surface area contributed by atoms with Gasteiger partial charge in [-0.3, -0.25) is 0 Å². The van der Waals surface area contributed by atoms with Gasteiger partial charge >= 0.3 is 0 Å². The molecule has 1 N–H and O–H groups in total. The molecule has 0 bridgehead atoms. The molecule has 1 rings (SSSR count). The van der Waals surface area contributed by atoms with E-state index in [4.69, 9.17) is 0 Å². The molecule has 0 fully saturated rings. The third-order valence-electron chi connectivity index (χ3n) is 2.92. The molecule has 0 aliphatic carbocycles. The molecule has 17 heavy (non-hydrogen) atoms. The number of alkyl halides is 2. The lowest BCUT2D eigenvalue weighted by atomic mass is 9.79. The highest BCUT2D eigenvalue weighted by Crippen LogP contribution is 2.35. The lowest BCUT2D eigenvalue weighted by Crippen LogP contribution is -2.29. The predicted octanol–water partition coefficient (Wildman–Crippen LogP) is 4.76. The van der Waals surface area contributed by atoms with Crippen molar-refractivity contribution < 1.29 is 5.11 Å². The van der Waals surface area contributed by atoms with E-state index in [0.717, 1.165) is 17.1 Å². The first-order valence-corrected chi connectivity index (χ1v) is 8.15. The minimum atomic E-state index is 0.255. The van der Waals surface area contributed by atoms with Crippen molar-refractivity contribution in [2.24, 2.45) is 11.3 Å². The predicted molar refractivity (Wildman–Crippen MR) is 81.3 cm³/mol. The van der Waals surface area contributed by atoms with Crippen LogP contribution in [-0.2, 0) is 6.42 Å². The van der Waals surface area contributed by atoms with Gasteiger partial charge in [0.2, 0.25) is 0 Å². The second-order valence-electron chi connectivity index (χ2n) is 5.21. The highest BCUT2D eigenvalue weighted by atomic mass is 79.9. The van der Waals surface area contributed by atoms with Crippen LogP contribution in [0.1, 0.15) is 25.8 Å². The Morgan fingerprint density at radius 3 is 2.06 bits per heavy atom. The summed E-state index contributed by atoms with van der Waals surface area (Å²) in [5.74, 6) is 1.02. The second kappa shape index (κ2) is 6.79. The lowest BCUT2D eigenvalue weighted by molar-refractivity contribution is 0.304. The number of hydrogen-bond acceptors (Lipinski definition) is 1. The Balaban J connectivity index is 2.82. The molecule has 0 atom stereocenters. The first-order valence-electron chi connectivity index (χ1n) is 5.91. The fourth-order valence-corrected chi connectivity index (χ4v) is 4.01. The summed E-state index contributed by atoms with van der Waals surface area (Å²) in [6, 6.07) is 7.54. The summed E-state index contributed by atoms with van der Waals surface area (Å²) in [7, 11) is 0. The molecule has 1 aromatic carbocycles. The van der Waals surface area contributed by atoms with Crippen molar-refractivity contribution in [2.45, 2.75) is 26.7 Å². The molecule has 96 valence electrons. The van der Waals surface area contributed by atoms with Gasteiger partial charge in [-0.15, -0.1) is 0 Å². The molecule has 0 aliphatic heterocycles. The van der Waals surface area contributed by atoms with Crippen molar-refractivity contribution in [2.75, 3.05) is 10.7 Å². The summed E-state index contributed by atoms with van der Waals surface area (Å²) in [5, 5.41) is 11.3. The molecular formula is C14H20Br2O. The molecule has 0 radical (unpaired) electrons. The molecule has 0 heterocycles. The maximum absolute atomic E-state index is 9.30. The number of halogens is 2. The van der Waals surface area contributed by atoms with Gasteiger partial charge in [0.1, 0.15) is 5.75 Å². The highest BCUT2D eigenvalue weighted by Gasteiger charge is 2.29. The van der Waals surface area contributed by atoms with Crippen LogP contribution in [0.3, 0.4) is 0 Å². The van der Waals surface area contributed by atoms with Crippen LogP contribution in [0.25, 0.3) is 0 Å². The molecule has 0 aromatic heterocycles. The van der Waals surface area contributed by atoms with Gasteiger partial charge < -0.3 is 5.11 Å². The Labute approximate surface area is 121 Å². The van der Waals surface area contributed by atoms with Crippen molar-refractivity contribution in [3.63, 3.8) is 0 Å². The Morgan fingerprint density at radius 2 is 1.65 bits per heavy atom. The molecule has 1 aromatic rings. The number of phenols is 1. The molecule has 3 heteroatoms. The Hall–Kier alpha value is -0.0200. The SMILES string of the molecule is CC(C)CC(CBr)(CBr)Cc1ccc(O)cc1. The minimum absolute atomic E-state index is 0.255. The summed E-state index contributed by atoms with van der Waals surface area (Å²) in [6.45, 7) is 4.52. The molecular weight excluding hydrogens is 344 g/mol. The van der Waals surface area contributed by atoms with E-state index in [-0.39, 0.29) is 5.41 Å². The van der Waals surface area contributed by atoms with Crippen LogP contribution in [0, 0.1) is 11.3 Å². The summed E-state index contributed by atoms with van der Waals surface area (Å²) in [6.07, 6.45) is 2.21. The zero-order valence-corrected chi connectivity index (χ0v) is 13.6. The molecule has 0 saturated carbocycles. The quantitative estimate of drug-likeness (QED) is 0.722. The van der Waals surface area contributed by atoms with E-state index in [1.807, 2.05) is 12.1 Å². The average molecular weight is 364 g/mol. The van der Waals surface area contributed by atoms with E-state index in [9.17, 15) is 5.11 Å². The van der Waals surface area contributed by atoms with Crippen LogP contribution in [0.2, 0.25) is 0 Å². The fraction of sp³-hybridized carbons (Fsp3) is 0.571. The summed E-state index contributed by atoms with van der Waals surface area (Å²) < 4.78 is 0. The smallest absolute Gasteiger partial charge is 0.115 e. The van der Waals surface area contributed by atoms with Crippen molar-refractivity contribution in [3.05, 3.63) is 29.8 Å². The molecule has 1 nitrogen and oxygen atoms in total. The first-order chi connectivity index (χ1) is 8.01. The van der Waals surface area contributed by atoms with Gasteiger partial charge in [-0.25, -0.2) is 0 Å². The second-order valence-corrected chi connectivity index (χ2v) is 6.33. The molecule has 0 amide bonds. The maximum atomic E-state index is 9.30. The van der Waals surface area contributed by atoms with E-state index in [1.54, 1.807) is 12.1 Å². The van der Waals surface area contributed by atoms with Gasteiger partial charge in [-0.1, -0.05) is 57.8 Å². The normalized spacial score (nSPS) is 12.1. The van der Waals surface area contributed by atoms with Crippen LogP contribution < -0.4 is 0 Å². The zero-order valence-electron chi connectivity index (χ0n) is 10.4. The largest absolute Gasteiger partial charge is 0.508 e. The minimum Gasteiger partial charge on any atom is -0.508 e. The maximum Gasteiger partial charge on any atom is 0.115 e. The summed E-state index contributed by atoms with van der Waals surface area (Å²) in [4.78, 5) is 0. The van der Waals surface area contributed by atoms with Crippen molar-refractivity contribution >= 4 is 31.9 Å². The van der Waals surface area contributed by atoms with Gasteiger partial charge in [0.05, 0.1) is 0 Å². The Kier molecular flexibility index (Phi) is 6.01. The third-order valence-corrected chi connectivity index (χ3v) is 5.30. The number of aromatic hydroxyl groups is 1. The molecule has 0 spiro atoms. The first kappa shape index (κ1) is 15.0. The standard InChI is InChI=1S/C14H20Br2O/c1-11(2)7-14(9-15,10-16)8-12-3-5-13(17)6-4-12/h3-6,11,17H,7-10H2,1-2H3. The van der Waals surface area contributed by atoms with Crippen LogP contribution in [0.15, 0.2) is 24.3 Å². The van der Waals surface area contributed by atoms with Crippen LogP contribution in [0.4, 0.5) is 0 Å². The van der Waals surface area contributed by atoms with Crippen LogP contribution >= 0.6 is 31.9 Å². The van der Waals surface area contributed by atoms with E-state index < -0.39 is 0 Å². The van der Waals surface area contributed by atoms with Crippen molar-refractivity contribution in [1.82, 2.24) is 0 Å². The van der Waals surface area contributed by atoms with Crippen molar-refractivity contribution in [3.8, 4) is 5.75 Å². The van der Waals surface area contributed by atoms with E-state index >= 15 is 0 Å². The van der Waals surface area contributed by atoms with Gasteiger partial charge in [0.15, 0.2) is 0 Å². The molecule has 0 aliphatic rings. The number of phenolic OH excluding ortho intramolecular Hbond substituents is 1. The van der Waals surface area contributed by atoms with Gasteiger partial charge in [-0.2, -0.15) is 0 Å². The Bertz CT molecular complexity index is 329. The topological polar surface area (TPSA) is 20.2 Å².